The van der Waals surface area contributed by atoms with E-state index in [1.165, 1.54) is 11.3 Å². The van der Waals surface area contributed by atoms with Crippen LogP contribution in [0, 0.1) is 18.3 Å². The van der Waals surface area contributed by atoms with Crippen LogP contribution in [0.15, 0.2) is 22.7 Å². The van der Waals surface area contributed by atoms with Crippen molar-refractivity contribution in [2.24, 2.45) is 11.3 Å². The molecule has 0 saturated heterocycles. The van der Waals surface area contributed by atoms with Gasteiger partial charge in [0, 0.05) is 10.4 Å². The van der Waals surface area contributed by atoms with Gasteiger partial charge >= 0.3 is 5.97 Å². The van der Waals surface area contributed by atoms with E-state index in [1.54, 1.807) is 32.0 Å². The summed E-state index contributed by atoms with van der Waals surface area (Å²) in [7, 11) is 0. The second-order valence-electron chi connectivity index (χ2n) is 9.75. The lowest BCUT2D eigenvalue weighted by Crippen LogP contribution is -2.26. The molecule has 0 bridgehead atoms. The van der Waals surface area contributed by atoms with E-state index in [0.29, 0.717) is 37.9 Å². The van der Waals surface area contributed by atoms with Crippen LogP contribution in [0.3, 0.4) is 0 Å². The molecule has 1 amide bonds. The number of rotatable bonds is 5. The van der Waals surface area contributed by atoms with Crippen LogP contribution < -0.4 is 5.32 Å². The summed E-state index contributed by atoms with van der Waals surface area (Å²) in [6.07, 6.45) is 2.61. The number of halogens is 2. The number of esters is 1. The summed E-state index contributed by atoms with van der Waals surface area (Å²) in [4.78, 5) is 27.6. The molecule has 1 aliphatic rings. The SMILES string of the molecule is CCOC(=O)c1c(NC(=O)c2c(-c3c(Cl)cccc3Cl)noc2C)sc2c1CCC(C(C)(C)C)C2. The van der Waals surface area contributed by atoms with Gasteiger partial charge in [-0.2, -0.15) is 0 Å². The van der Waals surface area contributed by atoms with Gasteiger partial charge in [0.1, 0.15) is 22.0 Å². The molecule has 1 atom stereocenters. The Morgan fingerprint density at radius 1 is 1.23 bits per heavy atom. The average molecular weight is 535 g/mol. The Bertz CT molecular complexity index is 1270. The molecular weight excluding hydrogens is 507 g/mol. The molecule has 2 aromatic heterocycles. The average Bonchev–Trinajstić information content (AvgIpc) is 3.32. The van der Waals surface area contributed by atoms with E-state index in [-0.39, 0.29) is 23.3 Å². The predicted molar refractivity (Wildman–Crippen MR) is 140 cm³/mol. The fourth-order valence-electron chi connectivity index (χ4n) is 4.53. The summed E-state index contributed by atoms with van der Waals surface area (Å²) in [6.45, 7) is 10.4. The van der Waals surface area contributed by atoms with Crippen molar-refractivity contribution in [3.05, 3.63) is 55.6 Å². The number of nitrogens with one attached hydrogen (secondary N) is 1. The quantitative estimate of drug-likeness (QED) is 0.340. The third kappa shape index (κ3) is 4.99. The number of carbonyl (C=O) groups excluding carboxylic acids is 2. The maximum absolute atomic E-state index is 13.5. The first-order valence-electron chi connectivity index (χ1n) is 11.6. The highest BCUT2D eigenvalue weighted by Crippen LogP contribution is 2.45. The van der Waals surface area contributed by atoms with E-state index < -0.39 is 11.9 Å². The first-order chi connectivity index (χ1) is 16.5. The Morgan fingerprint density at radius 2 is 1.91 bits per heavy atom. The zero-order valence-electron chi connectivity index (χ0n) is 20.4. The highest BCUT2D eigenvalue weighted by molar-refractivity contribution is 7.17. The van der Waals surface area contributed by atoms with E-state index in [0.717, 1.165) is 29.7 Å². The lowest BCUT2D eigenvalue weighted by Gasteiger charge is -2.33. The van der Waals surface area contributed by atoms with E-state index in [4.69, 9.17) is 32.5 Å². The Labute approximate surface area is 218 Å². The second kappa shape index (κ2) is 9.96. The Morgan fingerprint density at radius 3 is 2.54 bits per heavy atom. The summed E-state index contributed by atoms with van der Waals surface area (Å²) in [5, 5.41) is 8.20. The van der Waals surface area contributed by atoms with Crippen LogP contribution in [0.2, 0.25) is 10.0 Å². The van der Waals surface area contributed by atoms with Gasteiger partial charge in [-0.25, -0.2) is 4.79 Å². The smallest absolute Gasteiger partial charge is 0.341 e. The summed E-state index contributed by atoms with van der Waals surface area (Å²) in [5.41, 5.74) is 2.45. The normalized spacial score (nSPS) is 15.6. The molecule has 1 unspecified atom stereocenters. The first kappa shape index (κ1) is 25.7. The molecule has 4 rings (SSSR count). The third-order valence-corrected chi connectivity index (χ3v) is 8.29. The number of aromatic nitrogens is 1. The number of fused-ring (bicyclic) bond motifs is 1. The van der Waals surface area contributed by atoms with Crippen molar-refractivity contribution in [2.45, 2.75) is 53.9 Å². The number of benzene rings is 1. The molecule has 9 heteroatoms. The van der Waals surface area contributed by atoms with E-state index in [1.807, 2.05) is 0 Å². The Hall–Kier alpha value is -2.35. The molecule has 35 heavy (non-hydrogen) atoms. The maximum Gasteiger partial charge on any atom is 0.341 e. The summed E-state index contributed by atoms with van der Waals surface area (Å²) >= 11 is 14.2. The summed E-state index contributed by atoms with van der Waals surface area (Å²) in [6, 6.07) is 5.06. The van der Waals surface area contributed by atoms with Crippen molar-refractivity contribution >= 4 is 51.4 Å². The molecule has 0 radical (unpaired) electrons. The number of nitrogens with zero attached hydrogens (tertiary/aromatic N) is 1. The number of amides is 1. The number of carbonyl (C=O) groups is 2. The summed E-state index contributed by atoms with van der Waals surface area (Å²) in [5.74, 6) is -0.0704. The molecule has 0 fully saturated rings. The van der Waals surface area contributed by atoms with Gasteiger partial charge in [0.2, 0.25) is 0 Å². The molecule has 1 aliphatic carbocycles. The fourth-order valence-corrected chi connectivity index (χ4v) is 6.42. The van der Waals surface area contributed by atoms with Crippen LogP contribution in [0.1, 0.15) is 71.0 Å². The van der Waals surface area contributed by atoms with Gasteiger partial charge in [-0.15, -0.1) is 11.3 Å². The van der Waals surface area contributed by atoms with Gasteiger partial charge in [-0.05, 0) is 62.1 Å². The van der Waals surface area contributed by atoms with Crippen LogP contribution in [0.4, 0.5) is 5.00 Å². The third-order valence-electron chi connectivity index (χ3n) is 6.49. The van der Waals surface area contributed by atoms with Gasteiger partial charge in [0.05, 0.1) is 22.2 Å². The number of aryl methyl sites for hydroxylation is 1. The zero-order valence-corrected chi connectivity index (χ0v) is 22.7. The first-order valence-corrected chi connectivity index (χ1v) is 13.1. The molecule has 3 aromatic rings. The topological polar surface area (TPSA) is 81.4 Å². The lowest BCUT2D eigenvalue weighted by atomic mass is 9.72. The number of hydrogen-bond donors (Lipinski definition) is 1. The van der Waals surface area contributed by atoms with Crippen molar-refractivity contribution in [1.29, 1.82) is 0 Å². The predicted octanol–water partition coefficient (Wildman–Crippen LogP) is 7.60. The largest absolute Gasteiger partial charge is 0.462 e. The van der Waals surface area contributed by atoms with Crippen molar-refractivity contribution in [3.8, 4) is 11.3 Å². The van der Waals surface area contributed by atoms with Gasteiger partial charge in [0.25, 0.3) is 5.91 Å². The van der Waals surface area contributed by atoms with Gasteiger partial charge in [-0.1, -0.05) is 55.2 Å². The van der Waals surface area contributed by atoms with Crippen LogP contribution >= 0.6 is 34.5 Å². The molecule has 186 valence electrons. The van der Waals surface area contributed by atoms with Gasteiger partial charge < -0.3 is 14.6 Å². The highest BCUT2D eigenvalue weighted by atomic mass is 35.5. The monoisotopic (exact) mass is 534 g/mol. The number of anilines is 1. The molecule has 0 spiro atoms. The van der Waals surface area contributed by atoms with Crippen LogP contribution in [-0.2, 0) is 17.6 Å². The highest BCUT2D eigenvalue weighted by Gasteiger charge is 2.35. The van der Waals surface area contributed by atoms with E-state index >= 15 is 0 Å². The van der Waals surface area contributed by atoms with Crippen LogP contribution in [0.5, 0.6) is 0 Å². The fraction of sp³-hybridized carbons (Fsp3) is 0.423. The molecular formula is C26H28Cl2N2O4S. The van der Waals surface area contributed by atoms with Crippen LogP contribution in [0.25, 0.3) is 11.3 Å². The molecule has 1 N–H and O–H groups in total. The second-order valence-corrected chi connectivity index (χ2v) is 11.7. The number of ether oxygens (including phenoxy) is 1. The van der Waals surface area contributed by atoms with E-state index in [2.05, 4.69) is 31.2 Å². The maximum atomic E-state index is 13.5. The zero-order chi connectivity index (χ0) is 25.5. The molecule has 1 aromatic carbocycles. The van der Waals surface area contributed by atoms with Crippen molar-refractivity contribution < 1.29 is 18.8 Å². The number of hydrogen-bond acceptors (Lipinski definition) is 6. The van der Waals surface area contributed by atoms with Crippen molar-refractivity contribution in [2.75, 3.05) is 11.9 Å². The van der Waals surface area contributed by atoms with Gasteiger partial charge in [0.15, 0.2) is 0 Å². The van der Waals surface area contributed by atoms with Crippen molar-refractivity contribution in [3.63, 3.8) is 0 Å². The van der Waals surface area contributed by atoms with Crippen LogP contribution in [-0.4, -0.2) is 23.6 Å². The minimum Gasteiger partial charge on any atom is -0.462 e. The Kier molecular flexibility index (Phi) is 7.32. The standard InChI is InChI=1S/C26H28Cl2N2O4S/c1-6-33-25(32)20-15-11-10-14(26(3,4)5)12-18(15)35-24(20)29-23(31)19-13(2)34-30-22(19)21-16(27)8-7-9-17(21)28/h7-9,14H,6,10-12H2,1-5H3,(H,29,31). The minimum absolute atomic E-state index is 0.151. The minimum atomic E-state index is -0.453. The van der Waals surface area contributed by atoms with Crippen molar-refractivity contribution in [1.82, 2.24) is 5.16 Å². The molecule has 0 saturated carbocycles. The molecule has 2 heterocycles. The number of thiophene rings is 1. The van der Waals surface area contributed by atoms with Gasteiger partial charge in [-0.3, -0.25) is 4.79 Å². The summed E-state index contributed by atoms with van der Waals surface area (Å²) < 4.78 is 10.7. The van der Waals surface area contributed by atoms with E-state index in [9.17, 15) is 9.59 Å². The molecule has 6 nitrogen and oxygen atoms in total. The Balaban J connectivity index is 1.74. The molecule has 0 aliphatic heterocycles. The lowest BCUT2D eigenvalue weighted by molar-refractivity contribution is 0.0526.